The van der Waals surface area contributed by atoms with Gasteiger partial charge < -0.3 is 0 Å². The molecule has 0 unspecified atom stereocenters. The third-order valence-electron chi connectivity index (χ3n) is 3.74. The van der Waals surface area contributed by atoms with Gasteiger partial charge in [-0.05, 0) is 32.0 Å². The molecular weight excluding hydrogens is 229 g/mol. The van der Waals surface area contributed by atoms with Gasteiger partial charge in [-0.3, -0.25) is 9.69 Å². The lowest BCUT2D eigenvalue weighted by Crippen LogP contribution is -2.37. The first kappa shape index (κ1) is 13.2. The fraction of sp³-hybridized carbons (Fsp3) is 0.533. The molecule has 3 heteroatoms. The number of halogens is 1. The predicted molar refractivity (Wildman–Crippen MR) is 70.2 cm³/mol. The van der Waals surface area contributed by atoms with E-state index in [1.807, 2.05) is 7.05 Å². The summed E-state index contributed by atoms with van der Waals surface area (Å²) in [7, 11) is 1.99. The number of benzene rings is 1. The van der Waals surface area contributed by atoms with Crippen LogP contribution in [0.2, 0.25) is 0 Å². The number of ketones is 1. The molecule has 2 nitrogen and oxygen atoms in total. The van der Waals surface area contributed by atoms with Gasteiger partial charge in [0.1, 0.15) is 5.82 Å². The van der Waals surface area contributed by atoms with E-state index < -0.39 is 0 Å². The minimum Gasteiger partial charge on any atom is -0.296 e. The second kappa shape index (κ2) is 6.10. The van der Waals surface area contributed by atoms with Crippen LogP contribution in [0.4, 0.5) is 4.39 Å². The van der Waals surface area contributed by atoms with E-state index in [0.717, 1.165) is 0 Å². The highest BCUT2D eigenvalue weighted by Gasteiger charge is 2.20. The molecule has 1 aromatic carbocycles. The SMILES string of the molecule is CN(CC(=O)c1cccc(F)c1)C1CCCCC1. The van der Waals surface area contributed by atoms with Crippen LogP contribution in [0.3, 0.4) is 0 Å². The number of rotatable bonds is 4. The van der Waals surface area contributed by atoms with Crippen molar-refractivity contribution >= 4 is 5.78 Å². The molecule has 98 valence electrons. The fourth-order valence-corrected chi connectivity index (χ4v) is 2.63. The molecule has 18 heavy (non-hydrogen) atoms. The molecule has 0 radical (unpaired) electrons. The summed E-state index contributed by atoms with van der Waals surface area (Å²) in [6, 6.07) is 6.46. The summed E-state index contributed by atoms with van der Waals surface area (Å²) in [4.78, 5) is 14.2. The van der Waals surface area contributed by atoms with Gasteiger partial charge in [0.2, 0.25) is 0 Å². The van der Waals surface area contributed by atoms with Crippen LogP contribution >= 0.6 is 0 Å². The number of Topliss-reactive ketones (excluding diaryl/α,β-unsaturated/α-hetero) is 1. The van der Waals surface area contributed by atoms with Crippen LogP contribution in [0.15, 0.2) is 24.3 Å². The zero-order valence-electron chi connectivity index (χ0n) is 10.9. The molecule has 0 aromatic heterocycles. The molecule has 1 saturated carbocycles. The highest BCUT2D eigenvalue weighted by molar-refractivity contribution is 5.97. The van der Waals surface area contributed by atoms with Crippen molar-refractivity contribution in [3.8, 4) is 0 Å². The number of hydrogen-bond donors (Lipinski definition) is 0. The van der Waals surface area contributed by atoms with Gasteiger partial charge in [-0.2, -0.15) is 0 Å². The summed E-state index contributed by atoms with van der Waals surface area (Å²) < 4.78 is 13.1. The zero-order chi connectivity index (χ0) is 13.0. The summed E-state index contributed by atoms with van der Waals surface area (Å²) in [6.45, 7) is 0.383. The number of carbonyl (C=O) groups is 1. The first-order valence-corrected chi connectivity index (χ1v) is 6.66. The maximum Gasteiger partial charge on any atom is 0.176 e. The van der Waals surface area contributed by atoms with Gasteiger partial charge in [-0.15, -0.1) is 0 Å². The second-order valence-corrected chi connectivity index (χ2v) is 5.14. The van der Waals surface area contributed by atoms with Gasteiger partial charge in [0.05, 0.1) is 6.54 Å². The first-order chi connectivity index (χ1) is 8.66. The Kier molecular flexibility index (Phi) is 4.48. The smallest absolute Gasteiger partial charge is 0.176 e. The Hall–Kier alpha value is -1.22. The molecule has 0 spiro atoms. The summed E-state index contributed by atoms with van der Waals surface area (Å²) >= 11 is 0. The van der Waals surface area contributed by atoms with Crippen LogP contribution in [-0.2, 0) is 0 Å². The lowest BCUT2D eigenvalue weighted by atomic mass is 9.94. The lowest BCUT2D eigenvalue weighted by Gasteiger charge is -2.30. The normalized spacial score (nSPS) is 17.1. The highest BCUT2D eigenvalue weighted by atomic mass is 19.1. The molecule has 1 aliphatic rings. The van der Waals surface area contributed by atoms with Crippen LogP contribution in [0.1, 0.15) is 42.5 Å². The molecule has 2 rings (SSSR count). The van der Waals surface area contributed by atoms with E-state index in [4.69, 9.17) is 0 Å². The summed E-state index contributed by atoms with van der Waals surface area (Å²) in [6.07, 6.45) is 6.16. The minimum atomic E-state index is -0.346. The Morgan fingerprint density at radius 2 is 2.06 bits per heavy atom. The third kappa shape index (κ3) is 3.39. The zero-order valence-corrected chi connectivity index (χ0v) is 10.9. The van der Waals surface area contributed by atoms with Crippen LogP contribution < -0.4 is 0 Å². The van der Waals surface area contributed by atoms with Crippen molar-refractivity contribution in [3.05, 3.63) is 35.6 Å². The van der Waals surface area contributed by atoms with E-state index in [-0.39, 0.29) is 11.6 Å². The molecule has 1 fully saturated rings. The Morgan fingerprint density at radius 1 is 1.33 bits per heavy atom. The Balaban J connectivity index is 1.94. The van der Waals surface area contributed by atoms with Crippen molar-refractivity contribution in [1.82, 2.24) is 4.90 Å². The molecule has 1 aliphatic carbocycles. The predicted octanol–water partition coefficient (Wildman–Crippen LogP) is 3.27. The second-order valence-electron chi connectivity index (χ2n) is 5.14. The van der Waals surface area contributed by atoms with Crippen LogP contribution in [0.5, 0.6) is 0 Å². The van der Waals surface area contributed by atoms with Crippen molar-refractivity contribution in [1.29, 1.82) is 0 Å². The van der Waals surface area contributed by atoms with Crippen molar-refractivity contribution in [2.24, 2.45) is 0 Å². The highest BCUT2D eigenvalue weighted by Crippen LogP contribution is 2.21. The molecule has 0 aliphatic heterocycles. The minimum absolute atomic E-state index is 0.00238. The number of hydrogen-bond acceptors (Lipinski definition) is 2. The number of nitrogens with zero attached hydrogens (tertiary/aromatic N) is 1. The van der Waals surface area contributed by atoms with Gasteiger partial charge in [0.15, 0.2) is 5.78 Å². The van der Waals surface area contributed by atoms with E-state index in [2.05, 4.69) is 4.90 Å². The molecule has 0 amide bonds. The fourth-order valence-electron chi connectivity index (χ4n) is 2.63. The van der Waals surface area contributed by atoms with E-state index in [9.17, 15) is 9.18 Å². The topological polar surface area (TPSA) is 20.3 Å². The quantitative estimate of drug-likeness (QED) is 0.763. The van der Waals surface area contributed by atoms with Crippen molar-refractivity contribution in [3.63, 3.8) is 0 Å². The number of likely N-dealkylation sites (N-methyl/N-ethyl adjacent to an activating group) is 1. The monoisotopic (exact) mass is 249 g/mol. The van der Waals surface area contributed by atoms with E-state index in [0.29, 0.717) is 18.2 Å². The van der Waals surface area contributed by atoms with Gasteiger partial charge in [-0.1, -0.05) is 31.4 Å². The number of carbonyl (C=O) groups excluding carboxylic acids is 1. The van der Waals surface area contributed by atoms with Gasteiger partial charge in [0, 0.05) is 11.6 Å². The average Bonchev–Trinajstić information content (AvgIpc) is 2.39. The molecule has 0 bridgehead atoms. The lowest BCUT2D eigenvalue weighted by molar-refractivity contribution is 0.0899. The van der Waals surface area contributed by atoms with Crippen molar-refractivity contribution in [2.75, 3.05) is 13.6 Å². The van der Waals surface area contributed by atoms with Crippen LogP contribution in [0, 0.1) is 5.82 Å². The summed E-state index contributed by atoms with van der Waals surface area (Å²) in [5.74, 6) is -0.344. The molecule has 0 saturated heterocycles. The maximum absolute atomic E-state index is 13.1. The molecular formula is C15H20FNO. The van der Waals surface area contributed by atoms with Crippen LogP contribution in [-0.4, -0.2) is 30.3 Å². The Bertz CT molecular complexity index is 413. The third-order valence-corrected chi connectivity index (χ3v) is 3.74. The van der Waals surface area contributed by atoms with Crippen LogP contribution in [0.25, 0.3) is 0 Å². The molecule has 0 N–H and O–H groups in total. The van der Waals surface area contributed by atoms with Crippen molar-refractivity contribution < 1.29 is 9.18 Å². The Labute approximate surface area is 108 Å². The molecule has 0 atom stereocenters. The maximum atomic E-state index is 13.1. The van der Waals surface area contributed by atoms with E-state index >= 15 is 0 Å². The summed E-state index contributed by atoms with van der Waals surface area (Å²) in [5, 5.41) is 0. The largest absolute Gasteiger partial charge is 0.296 e. The Morgan fingerprint density at radius 3 is 2.72 bits per heavy atom. The van der Waals surface area contributed by atoms with Gasteiger partial charge in [0.25, 0.3) is 0 Å². The molecule has 1 aromatic rings. The molecule has 0 heterocycles. The van der Waals surface area contributed by atoms with E-state index in [1.165, 1.54) is 44.2 Å². The van der Waals surface area contributed by atoms with Gasteiger partial charge >= 0.3 is 0 Å². The van der Waals surface area contributed by atoms with E-state index in [1.54, 1.807) is 12.1 Å². The van der Waals surface area contributed by atoms with Gasteiger partial charge in [-0.25, -0.2) is 4.39 Å². The average molecular weight is 249 g/mol. The van der Waals surface area contributed by atoms with Crippen molar-refractivity contribution in [2.45, 2.75) is 38.1 Å². The summed E-state index contributed by atoms with van der Waals surface area (Å²) in [5.41, 5.74) is 0.470. The standard InChI is InChI=1S/C15H20FNO/c1-17(14-8-3-2-4-9-14)11-15(18)12-6-5-7-13(16)10-12/h5-7,10,14H,2-4,8-9,11H2,1H3. The first-order valence-electron chi connectivity index (χ1n) is 6.66.